The molecule has 0 aliphatic heterocycles. The van der Waals surface area contributed by atoms with E-state index in [4.69, 9.17) is 27.7 Å². The van der Waals surface area contributed by atoms with Crippen molar-refractivity contribution in [3.63, 3.8) is 0 Å². The normalized spacial score (nSPS) is 12.8. The van der Waals surface area contributed by atoms with Crippen molar-refractivity contribution in [3.05, 3.63) is 63.5 Å². The molecule has 0 radical (unpaired) electrons. The van der Waals surface area contributed by atoms with Crippen LogP contribution in [0.3, 0.4) is 0 Å². The second-order valence-electron chi connectivity index (χ2n) is 7.67. The lowest BCUT2D eigenvalue weighted by Crippen LogP contribution is -2.26. The number of hydrogen-bond donors (Lipinski definition) is 1. The summed E-state index contributed by atoms with van der Waals surface area (Å²) in [5.41, 5.74) is 4.07. The minimum absolute atomic E-state index is 0.138. The molecule has 1 N–H and O–H groups in total. The van der Waals surface area contributed by atoms with Crippen LogP contribution in [0.2, 0.25) is 5.02 Å². The second-order valence-corrected chi connectivity index (χ2v) is 9.28. The first kappa shape index (κ1) is 23.2. The van der Waals surface area contributed by atoms with Gasteiger partial charge in [-0.2, -0.15) is 0 Å². The number of aryl methyl sites for hydroxylation is 2. The Kier molecular flexibility index (Phi) is 8.01. The number of terminal acetylenes is 1. The van der Waals surface area contributed by atoms with E-state index in [0.717, 1.165) is 51.8 Å². The highest BCUT2D eigenvalue weighted by atomic mass is 35.5. The number of ether oxygens (including phenoxy) is 1. The zero-order valence-electron chi connectivity index (χ0n) is 18.5. The molecule has 31 heavy (non-hydrogen) atoms. The minimum Gasteiger partial charge on any atom is -0.496 e. The molecule has 3 aromatic rings. The van der Waals surface area contributed by atoms with Gasteiger partial charge in [-0.1, -0.05) is 67.6 Å². The van der Waals surface area contributed by atoms with Gasteiger partial charge in [0.1, 0.15) is 5.75 Å². The molecule has 0 amide bonds. The number of nitrogens with zero attached hydrogens (tertiary/aromatic N) is 1. The van der Waals surface area contributed by atoms with Crippen molar-refractivity contribution >= 4 is 28.1 Å². The Bertz CT molecular complexity index is 1060. The number of hydrogen-bond acceptors (Lipinski definition) is 4. The van der Waals surface area contributed by atoms with Gasteiger partial charge in [-0.25, -0.2) is 4.98 Å². The summed E-state index contributed by atoms with van der Waals surface area (Å²) in [6.07, 6.45) is 9.29. The van der Waals surface area contributed by atoms with E-state index in [2.05, 4.69) is 49.4 Å². The average Bonchev–Trinajstić information content (AvgIpc) is 3.14. The van der Waals surface area contributed by atoms with Crippen molar-refractivity contribution in [2.45, 2.75) is 52.0 Å². The first-order valence-electron chi connectivity index (χ1n) is 10.6. The molecule has 1 heterocycles. The molecule has 0 spiro atoms. The van der Waals surface area contributed by atoms with Crippen molar-refractivity contribution in [3.8, 4) is 29.4 Å². The molecule has 0 aliphatic rings. The van der Waals surface area contributed by atoms with E-state index in [1.165, 1.54) is 5.56 Å². The number of unbranched alkanes of at least 4 members (excludes halogenated alkanes) is 1. The van der Waals surface area contributed by atoms with Crippen LogP contribution < -0.4 is 10.1 Å². The second kappa shape index (κ2) is 10.7. The molecular weight excluding hydrogens is 424 g/mol. The minimum atomic E-state index is -0.138. The molecule has 162 valence electrons. The highest BCUT2D eigenvalue weighted by Crippen LogP contribution is 2.38. The first-order valence-corrected chi connectivity index (χ1v) is 11.8. The quantitative estimate of drug-likeness (QED) is 0.342. The van der Waals surface area contributed by atoms with Crippen LogP contribution in [0.25, 0.3) is 11.3 Å². The fraction of sp³-hybridized carbons (Fsp3) is 0.346. The van der Waals surface area contributed by atoms with Crippen LogP contribution in [0.4, 0.5) is 5.13 Å². The summed E-state index contributed by atoms with van der Waals surface area (Å²) in [6, 6.07) is 14.2. The van der Waals surface area contributed by atoms with Crippen molar-refractivity contribution in [1.29, 1.82) is 0 Å². The van der Waals surface area contributed by atoms with Gasteiger partial charge in [0.25, 0.3) is 0 Å². The maximum absolute atomic E-state index is 6.55. The molecule has 2 atom stereocenters. The number of rotatable bonds is 9. The van der Waals surface area contributed by atoms with Gasteiger partial charge in [0.05, 0.1) is 23.9 Å². The topological polar surface area (TPSA) is 34.2 Å². The first-order chi connectivity index (χ1) is 15.0. The summed E-state index contributed by atoms with van der Waals surface area (Å²) in [4.78, 5) is 5.96. The third-order valence-electron chi connectivity index (χ3n) is 5.49. The Labute approximate surface area is 194 Å². The fourth-order valence-corrected chi connectivity index (χ4v) is 4.92. The highest BCUT2D eigenvalue weighted by Gasteiger charge is 2.23. The van der Waals surface area contributed by atoms with Crippen molar-refractivity contribution < 1.29 is 4.74 Å². The molecule has 0 bridgehead atoms. The number of methoxy groups -OCH3 is 1. The number of halogens is 1. The molecule has 0 saturated carbocycles. The largest absolute Gasteiger partial charge is 0.496 e. The van der Waals surface area contributed by atoms with E-state index in [1.807, 2.05) is 25.1 Å². The zero-order chi connectivity index (χ0) is 22.4. The summed E-state index contributed by atoms with van der Waals surface area (Å²) in [6.45, 7) is 6.27. The zero-order valence-corrected chi connectivity index (χ0v) is 20.1. The third-order valence-corrected chi connectivity index (χ3v) is 6.71. The molecule has 0 saturated heterocycles. The lowest BCUT2D eigenvalue weighted by Gasteiger charge is -2.24. The number of benzene rings is 2. The van der Waals surface area contributed by atoms with Crippen molar-refractivity contribution in [2.24, 2.45) is 0 Å². The van der Waals surface area contributed by atoms with Crippen LogP contribution in [-0.2, 0) is 0 Å². The average molecular weight is 453 g/mol. The van der Waals surface area contributed by atoms with Crippen LogP contribution in [0.15, 0.2) is 42.5 Å². The van der Waals surface area contributed by atoms with E-state index in [9.17, 15) is 0 Å². The summed E-state index contributed by atoms with van der Waals surface area (Å²) >= 11 is 8.15. The maximum atomic E-state index is 6.55. The predicted octanol–water partition coefficient (Wildman–Crippen LogP) is 7.48. The monoisotopic (exact) mass is 452 g/mol. The smallest absolute Gasteiger partial charge is 0.184 e. The van der Waals surface area contributed by atoms with Crippen LogP contribution in [0.1, 0.15) is 48.1 Å². The SMILES string of the molecule is C#CC(Nc1nc(-c2cc(C)c(OC)cc2Cl)c(C)s1)[C@@H](CCCC)c1ccccc1. The van der Waals surface area contributed by atoms with Gasteiger partial charge >= 0.3 is 0 Å². The molecule has 3 rings (SSSR count). The van der Waals surface area contributed by atoms with E-state index in [-0.39, 0.29) is 12.0 Å². The summed E-state index contributed by atoms with van der Waals surface area (Å²) in [5, 5.41) is 4.97. The Morgan fingerprint density at radius 2 is 1.97 bits per heavy atom. The van der Waals surface area contributed by atoms with Crippen molar-refractivity contribution in [2.75, 3.05) is 12.4 Å². The lowest BCUT2D eigenvalue weighted by molar-refractivity contribution is 0.412. The lowest BCUT2D eigenvalue weighted by atomic mass is 9.87. The van der Waals surface area contributed by atoms with E-state index in [1.54, 1.807) is 18.4 Å². The van der Waals surface area contributed by atoms with Gasteiger partial charge in [0.2, 0.25) is 0 Å². The summed E-state index contributed by atoms with van der Waals surface area (Å²) < 4.78 is 5.38. The number of thiazole rings is 1. The summed E-state index contributed by atoms with van der Waals surface area (Å²) in [5.74, 6) is 3.97. The molecule has 1 aromatic heterocycles. The third kappa shape index (κ3) is 5.42. The number of aromatic nitrogens is 1. The molecule has 0 fully saturated rings. The highest BCUT2D eigenvalue weighted by molar-refractivity contribution is 7.16. The van der Waals surface area contributed by atoms with Gasteiger partial charge in [-0.3, -0.25) is 0 Å². The molecule has 3 nitrogen and oxygen atoms in total. The van der Waals surface area contributed by atoms with Gasteiger partial charge in [-0.05, 0) is 43.5 Å². The van der Waals surface area contributed by atoms with Gasteiger partial charge in [0.15, 0.2) is 5.13 Å². The van der Waals surface area contributed by atoms with Crippen LogP contribution in [0, 0.1) is 26.2 Å². The molecular formula is C26H29ClN2OS. The van der Waals surface area contributed by atoms with E-state index in [0.29, 0.717) is 5.02 Å². The number of anilines is 1. The molecule has 0 aliphatic carbocycles. The van der Waals surface area contributed by atoms with Crippen molar-refractivity contribution in [1.82, 2.24) is 4.98 Å². The predicted molar refractivity (Wildman–Crippen MR) is 134 cm³/mol. The van der Waals surface area contributed by atoms with E-state index >= 15 is 0 Å². The fourth-order valence-electron chi connectivity index (χ4n) is 3.81. The molecule has 2 aromatic carbocycles. The van der Waals surface area contributed by atoms with Gasteiger partial charge in [-0.15, -0.1) is 17.8 Å². The maximum Gasteiger partial charge on any atom is 0.184 e. The number of nitrogens with one attached hydrogen (secondary N) is 1. The Balaban J connectivity index is 1.90. The Morgan fingerprint density at radius 1 is 1.23 bits per heavy atom. The Hall–Kier alpha value is -2.48. The Morgan fingerprint density at radius 3 is 2.61 bits per heavy atom. The van der Waals surface area contributed by atoms with Crippen LogP contribution in [0.5, 0.6) is 5.75 Å². The van der Waals surface area contributed by atoms with E-state index < -0.39 is 0 Å². The summed E-state index contributed by atoms with van der Waals surface area (Å²) in [7, 11) is 1.65. The van der Waals surface area contributed by atoms with Crippen LogP contribution >= 0.6 is 22.9 Å². The standard InChI is InChI=1S/C26H29ClN2OS/c1-6-8-14-20(19-12-10-9-11-13-19)23(7-2)28-26-29-25(18(4)31-26)21-15-17(3)24(30-5)16-22(21)27/h2,9-13,15-16,20,23H,6,8,14H2,1,3-5H3,(H,28,29)/t20-,23?/m0/s1. The van der Waals surface area contributed by atoms with Gasteiger partial charge in [0, 0.05) is 16.4 Å². The molecule has 1 unspecified atom stereocenters. The van der Waals surface area contributed by atoms with Crippen LogP contribution in [-0.4, -0.2) is 18.1 Å². The van der Waals surface area contributed by atoms with Gasteiger partial charge < -0.3 is 10.1 Å². The molecule has 5 heteroatoms.